The first-order valence-electron chi connectivity index (χ1n) is 9.57. The summed E-state index contributed by atoms with van der Waals surface area (Å²) in [6.07, 6.45) is 3.65. The number of rotatable bonds is 7. The highest BCUT2D eigenvalue weighted by Crippen LogP contribution is 2.25. The van der Waals surface area contributed by atoms with Crippen LogP contribution in [0.25, 0.3) is 5.52 Å². The van der Waals surface area contributed by atoms with Gasteiger partial charge in [0, 0.05) is 18.1 Å². The number of benzene rings is 1. The molecule has 4 aromatic rings. The average Bonchev–Trinajstić information content (AvgIpc) is 3.23. The lowest BCUT2D eigenvalue weighted by Crippen LogP contribution is -2.05. The van der Waals surface area contributed by atoms with Gasteiger partial charge in [-0.1, -0.05) is 30.0 Å². The van der Waals surface area contributed by atoms with E-state index in [0.29, 0.717) is 28.9 Å². The molecule has 0 atom stereocenters. The van der Waals surface area contributed by atoms with Gasteiger partial charge in [0.15, 0.2) is 5.82 Å². The molecule has 0 fully saturated rings. The number of fused-ring (bicyclic) bond motifs is 1. The van der Waals surface area contributed by atoms with Crippen molar-refractivity contribution < 1.29 is 9.53 Å². The molecule has 1 aromatic carbocycles. The summed E-state index contributed by atoms with van der Waals surface area (Å²) >= 11 is 1.53. The number of nitrogens with zero attached hydrogens (tertiary/aromatic N) is 4. The summed E-state index contributed by atoms with van der Waals surface area (Å²) in [5.74, 6) is 1.85. The summed E-state index contributed by atoms with van der Waals surface area (Å²) in [4.78, 5) is 20.9. The molecular weight excluding hydrogens is 398 g/mol. The van der Waals surface area contributed by atoms with Crippen molar-refractivity contribution in [2.75, 3.05) is 11.9 Å². The van der Waals surface area contributed by atoms with Crippen molar-refractivity contribution in [1.29, 1.82) is 0 Å². The Labute approximate surface area is 178 Å². The first kappa shape index (κ1) is 19.9. The van der Waals surface area contributed by atoms with Gasteiger partial charge in [-0.05, 0) is 55.3 Å². The molecule has 0 aliphatic carbocycles. The van der Waals surface area contributed by atoms with Crippen LogP contribution in [0.2, 0.25) is 0 Å². The zero-order valence-electron chi connectivity index (χ0n) is 16.7. The molecule has 7 nitrogen and oxygen atoms in total. The van der Waals surface area contributed by atoms with E-state index >= 15 is 0 Å². The summed E-state index contributed by atoms with van der Waals surface area (Å²) in [6.45, 7) is 4.16. The van der Waals surface area contributed by atoms with E-state index in [1.165, 1.54) is 11.8 Å². The summed E-state index contributed by atoms with van der Waals surface area (Å²) in [7, 11) is 0. The number of hydrogen-bond donors (Lipinski definition) is 1. The van der Waals surface area contributed by atoms with Crippen LogP contribution in [0.4, 0.5) is 11.6 Å². The van der Waals surface area contributed by atoms with Gasteiger partial charge in [0.25, 0.3) is 0 Å². The molecule has 0 saturated carbocycles. The minimum absolute atomic E-state index is 0.307. The SMILES string of the molecule is CCOC(=O)c1ccc(CSc2nc(Nc3ncccc3C)c3cccn3n2)cc1. The minimum atomic E-state index is -0.307. The van der Waals surface area contributed by atoms with E-state index in [-0.39, 0.29) is 5.97 Å². The second-order valence-electron chi connectivity index (χ2n) is 6.58. The molecule has 0 aliphatic heterocycles. The number of aromatic nitrogens is 4. The summed E-state index contributed by atoms with van der Waals surface area (Å²) in [5, 5.41) is 8.55. The van der Waals surface area contributed by atoms with Crippen molar-refractivity contribution in [2.24, 2.45) is 0 Å². The quantitative estimate of drug-likeness (QED) is 0.345. The summed E-state index contributed by atoms with van der Waals surface area (Å²) in [5.41, 5.74) is 3.53. The van der Waals surface area contributed by atoms with Crippen LogP contribution in [-0.2, 0) is 10.5 Å². The molecule has 1 N–H and O–H groups in total. The van der Waals surface area contributed by atoms with Crippen LogP contribution in [0.1, 0.15) is 28.4 Å². The lowest BCUT2D eigenvalue weighted by molar-refractivity contribution is 0.0526. The van der Waals surface area contributed by atoms with Crippen LogP contribution in [0, 0.1) is 6.92 Å². The third-order valence-electron chi connectivity index (χ3n) is 4.45. The Morgan fingerprint density at radius 1 is 1.13 bits per heavy atom. The van der Waals surface area contributed by atoms with E-state index in [4.69, 9.17) is 9.72 Å². The standard InChI is InChI=1S/C22H21N5O2S/c1-3-29-21(28)17-10-8-16(9-11-17)14-30-22-25-20(18-7-5-13-27(18)26-22)24-19-15(2)6-4-12-23-19/h4-13H,3,14H2,1-2H3,(H,23,24,25,26). The molecule has 0 unspecified atom stereocenters. The van der Waals surface area contributed by atoms with Gasteiger partial charge in [0.05, 0.1) is 12.2 Å². The zero-order valence-corrected chi connectivity index (χ0v) is 17.5. The van der Waals surface area contributed by atoms with Gasteiger partial charge < -0.3 is 10.1 Å². The Kier molecular flexibility index (Phi) is 5.94. The smallest absolute Gasteiger partial charge is 0.338 e. The average molecular weight is 420 g/mol. The normalized spacial score (nSPS) is 10.9. The van der Waals surface area contributed by atoms with Crippen LogP contribution in [-0.4, -0.2) is 32.2 Å². The molecular formula is C22H21N5O2S. The van der Waals surface area contributed by atoms with E-state index in [2.05, 4.69) is 15.4 Å². The van der Waals surface area contributed by atoms with E-state index in [1.54, 1.807) is 29.8 Å². The Balaban J connectivity index is 1.52. The summed E-state index contributed by atoms with van der Waals surface area (Å²) in [6, 6.07) is 15.2. The number of nitrogens with one attached hydrogen (secondary N) is 1. The fourth-order valence-corrected chi connectivity index (χ4v) is 3.69. The van der Waals surface area contributed by atoms with Crippen LogP contribution in [0.15, 0.2) is 66.1 Å². The fourth-order valence-electron chi connectivity index (χ4n) is 2.90. The highest BCUT2D eigenvalue weighted by Gasteiger charge is 2.11. The number of aryl methyl sites for hydroxylation is 1. The Morgan fingerprint density at radius 2 is 1.97 bits per heavy atom. The van der Waals surface area contributed by atoms with Gasteiger partial charge in [-0.2, -0.15) is 0 Å². The lowest BCUT2D eigenvalue weighted by Gasteiger charge is -2.10. The third-order valence-corrected chi connectivity index (χ3v) is 5.36. The molecule has 0 amide bonds. The van der Waals surface area contributed by atoms with Crippen molar-refractivity contribution in [1.82, 2.24) is 19.6 Å². The number of ether oxygens (including phenoxy) is 1. The van der Waals surface area contributed by atoms with Gasteiger partial charge in [-0.3, -0.25) is 0 Å². The lowest BCUT2D eigenvalue weighted by atomic mass is 10.1. The van der Waals surface area contributed by atoms with Crippen molar-refractivity contribution in [2.45, 2.75) is 24.8 Å². The zero-order chi connectivity index (χ0) is 20.9. The van der Waals surface area contributed by atoms with Crippen molar-refractivity contribution >= 4 is 34.9 Å². The minimum Gasteiger partial charge on any atom is -0.462 e. The van der Waals surface area contributed by atoms with E-state index in [1.807, 2.05) is 49.5 Å². The number of thioether (sulfide) groups is 1. The molecule has 0 radical (unpaired) electrons. The van der Waals surface area contributed by atoms with Crippen LogP contribution < -0.4 is 5.32 Å². The number of anilines is 2. The number of pyridine rings is 1. The Bertz CT molecular complexity index is 1170. The van der Waals surface area contributed by atoms with Crippen molar-refractivity contribution in [3.63, 3.8) is 0 Å². The number of hydrogen-bond acceptors (Lipinski definition) is 7. The molecule has 3 aromatic heterocycles. The highest BCUT2D eigenvalue weighted by molar-refractivity contribution is 7.98. The molecule has 3 heterocycles. The molecule has 0 bridgehead atoms. The molecule has 152 valence electrons. The van der Waals surface area contributed by atoms with Crippen molar-refractivity contribution in [3.8, 4) is 0 Å². The maximum atomic E-state index is 11.8. The maximum Gasteiger partial charge on any atom is 0.338 e. The summed E-state index contributed by atoms with van der Waals surface area (Å²) < 4.78 is 6.83. The third kappa shape index (κ3) is 4.44. The van der Waals surface area contributed by atoms with Gasteiger partial charge >= 0.3 is 5.97 Å². The van der Waals surface area contributed by atoms with Crippen LogP contribution in [0.3, 0.4) is 0 Å². The van der Waals surface area contributed by atoms with Gasteiger partial charge in [-0.15, -0.1) is 5.10 Å². The molecule has 0 saturated heterocycles. The molecule has 30 heavy (non-hydrogen) atoms. The monoisotopic (exact) mass is 419 g/mol. The molecule has 8 heteroatoms. The fraction of sp³-hybridized carbons (Fsp3) is 0.182. The van der Waals surface area contributed by atoms with E-state index in [9.17, 15) is 4.79 Å². The van der Waals surface area contributed by atoms with Gasteiger partial charge in [-0.25, -0.2) is 19.3 Å². The molecule has 0 spiro atoms. The van der Waals surface area contributed by atoms with E-state index in [0.717, 1.165) is 22.5 Å². The number of carbonyl (C=O) groups excluding carboxylic acids is 1. The molecule has 4 rings (SSSR count). The van der Waals surface area contributed by atoms with Crippen LogP contribution >= 0.6 is 11.8 Å². The molecule has 0 aliphatic rings. The highest BCUT2D eigenvalue weighted by atomic mass is 32.2. The second-order valence-corrected chi connectivity index (χ2v) is 7.52. The largest absolute Gasteiger partial charge is 0.462 e. The predicted octanol–water partition coefficient (Wildman–Crippen LogP) is 4.65. The first-order valence-corrected chi connectivity index (χ1v) is 10.6. The first-order chi connectivity index (χ1) is 14.6. The maximum absolute atomic E-state index is 11.8. The Morgan fingerprint density at radius 3 is 2.73 bits per heavy atom. The van der Waals surface area contributed by atoms with Crippen molar-refractivity contribution in [3.05, 3.63) is 77.6 Å². The van der Waals surface area contributed by atoms with E-state index < -0.39 is 0 Å². The topological polar surface area (TPSA) is 81.4 Å². The second kappa shape index (κ2) is 8.96. The van der Waals surface area contributed by atoms with Gasteiger partial charge in [0.2, 0.25) is 5.16 Å². The van der Waals surface area contributed by atoms with Crippen LogP contribution in [0.5, 0.6) is 0 Å². The number of carbonyl (C=O) groups is 1. The number of esters is 1. The van der Waals surface area contributed by atoms with Gasteiger partial charge in [0.1, 0.15) is 11.3 Å². The predicted molar refractivity (Wildman–Crippen MR) is 117 cm³/mol. The Hall–Kier alpha value is -3.39.